The number of fused-ring (bicyclic) bond motifs is 1. The van der Waals surface area contributed by atoms with Crippen LogP contribution in [0.15, 0.2) is 71.0 Å². The average molecular weight is 476 g/mol. The second-order valence-corrected chi connectivity index (χ2v) is 8.28. The standard InChI is InChI=1S/C25H22FN5O2S/c1-2-5-21(34)25(33)30-12-10-29(11-13-30)22-19-8-4-9-28-23(19)31(24(32)20(22)15-27)16-17-6-3-7-18(26)14-17/h2-9,14,34H,1,10-13,16H2/b21-5-. The maximum atomic E-state index is 13.7. The lowest BCUT2D eigenvalue weighted by molar-refractivity contribution is -0.126. The van der Waals surface area contributed by atoms with Gasteiger partial charge in [0.2, 0.25) is 0 Å². The zero-order chi connectivity index (χ0) is 24.2. The number of thiol groups is 1. The number of hydrogen-bond acceptors (Lipinski definition) is 6. The number of rotatable bonds is 5. The van der Waals surface area contributed by atoms with E-state index in [0.29, 0.717) is 53.4 Å². The van der Waals surface area contributed by atoms with Gasteiger partial charge in [-0.1, -0.05) is 24.8 Å². The summed E-state index contributed by atoms with van der Waals surface area (Å²) in [6.07, 6.45) is 4.63. The Bertz CT molecular complexity index is 1400. The molecule has 1 amide bonds. The lowest BCUT2D eigenvalue weighted by Crippen LogP contribution is -2.49. The molecule has 7 nitrogen and oxygen atoms in total. The van der Waals surface area contributed by atoms with Crippen LogP contribution >= 0.6 is 12.6 Å². The van der Waals surface area contributed by atoms with Crippen LogP contribution in [0.4, 0.5) is 10.1 Å². The maximum Gasteiger partial charge on any atom is 0.272 e. The summed E-state index contributed by atoms with van der Waals surface area (Å²) in [5, 5.41) is 10.6. The van der Waals surface area contributed by atoms with Gasteiger partial charge in [-0.3, -0.25) is 14.2 Å². The fourth-order valence-corrected chi connectivity index (χ4v) is 4.38. The Morgan fingerprint density at radius 2 is 2.00 bits per heavy atom. The van der Waals surface area contributed by atoms with Crippen LogP contribution in [0.25, 0.3) is 11.0 Å². The largest absolute Gasteiger partial charge is 0.366 e. The summed E-state index contributed by atoms with van der Waals surface area (Å²) in [6.45, 7) is 5.36. The number of carbonyl (C=O) groups is 1. The van der Waals surface area contributed by atoms with Gasteiger partial charge < -0.3 is 9.80 Å². The lowest BCUT2D eigenvalue weighted by Gasteiger charge is -2.37. The van der Waals surface area contributed by atoms with Crippen LogP contribution < -0.4 is 10.5 Å². The first-order valence-corrected chi connectivity index (χ1v) is 11.1. The molecule has 1 aromatic carbocycles. The molecule has 0 aliphatic carbocycles. The van der Waals surface area contributed by atoms with Crippen LogP contribution in [0, 0.1) is 17.1 Å². The van der Waals surface area contributed by atoms with Crippen molar-refractivity contribution in [1.29, 1.82) is 5.26 Å². The molecule has 1 aliphatic heterocycles. The van der Waals surface area contributed by atoms with Gasteiger partial charge >= 0.3 is 0 Å². The number of halogens is 1. The Kier molecular flexibility index (Phi) is 6.80. The minimum Gasteiger partial charge on any atom is -0.366 e. The second kappa shape index (κ2) is 9.93. The number of benzene rings is 1. The van der Waals surface area contributed by atoms with E-state index in [1.165, 1.54) is 22.8 Å². The highest BCUT2D eigenvalue weighted by molar-refractivity contribution is 7.85. The van der Waals surface area contributed by atoms with Gasteiger partial charge in [0.1, 0.15) is 23.1 Å². The van der Waals surface area contributed by atoms with E-state index in [9.17, 15) is 19.2 Å². The molecule has 1 aliphatic rings. The van der Waals surface area contributed by atoms with Crippen molar-refractivity contribution in [2.24, 2.45) is 0 Å². The van der Waals surface area contributed by atoms with E-state index in [0.717, 1.165) is 0 Å². The van der Waals surface area contributed by atoms with Crippen LogP contribution in [0.3, 0.4) is 0 Å². The second-order valence-electron chi connectivity index (χ2n) is 7.80. The minimum absolute atomic E-state index is 0.00174. The molecule has 9 heteroatoms. The van der Waals surface area contributed by atoms with Crippen molar-refractivity contribution in [2.45, 2.75) is 6.54 Å². The van der Waals surface area contributed by atoms with Crippen molar-refractivity contribution in [3.8, 4) is 6.07 Å². The molecule has 0 bridgehead atoms. The SMILES string of the molecule is C=C/C=C(\S)C(=O)N1CCN(c2c(C#N)c(=O)n(Cc3cccc(F)c3)c3ncccc23)CC1. The minimum atomic E-state index is -0.488. The van der Waals surface area contributed by atoms with Crippen LogP contribution in [0.1, 0.15) is 11.1 Å². The zero-order valence-corrected chi connectivity index (χ0v) is 19.2. The van der Waals surface area contributed by atoms with Gasteiger partial charge in [-0.2, -0.15) is 5.26 Å². The monoisotopic (exact) mass is 475 g/mol. The van der Waals surface area contributed by atoms with E-state index >= 15 is 0 Å². The number of carbonyl (C=O) groups excluding carboxylic acids is 1. The third-order valence-corrected chi connectivity index (χ3v) is 6.05. The van der Waals surface area contributed by atoms with Crippen molar-refractivity contribution < 1.29 is 9.18 Å². The van der Waals surface area contributed by atoms with E-state index in [2.05, 4.69) is 30.3 Å². The first-order chi connectivity index (χ1) is 16.4. The molecule has 0 saturated carbocycles. The van der Waals surface area contributed by atoms with E-state index in [4.69, 9.17) is 0 Å². The average Bonchev–Trinajstić information content (AvgIpc) is 2.85. The summed E-state index contributed by atoms with van der Waals surface area (Å²) in [5.41, 5.74) is 1.02. The molecule has 4 rings (SSSR count). The molecule has 0 radical (unpaired) electrons. The lowest BCUT2D eigenvalue weighted by atomic mass is 10.1. The highest BCUT2D eigenvalue weighted by Gasteiger charge is 2.27. The summed E-state index contributed by atoms with van der Waals surface area (Å²) in [6, 6.07) is 11.6. The third-order valence-electron chi connectivity index (χ3n) is 5.71. The first kappa shape index (κ1) is 23.3. The highest BCUT2D eigenvalue weighted by atomic mass is 32.1. The smallest absolute Gasteiger partial charge is 0.272 e. The fraction of sp³-hybridized carbons (Fsp3) is 0.200. The van der Waals surface area contributed by atoms with Crippen LogP contribution in [-0.2, 0) is 11.3 Å². The maximum absolute atomic E-state index is 13.7. The number of anilines is 1. The molecule has 3 heterocycles. The molecule has 1 fully saturated rings. The number of allylic oxidation sites excluding steroid dienone is 2. The van der Waals surface area contributed by atoms with E-state index in [1.807, 2.05) is 11.0 Å². The number of amides is 1. The summed E-state index contributed by atoms with van der Waals surface area (Å²) in [4.78, 5) is 34.3. The Morgan fingerprint density at radius 3 is 2.68 bits per heavy atom. The van der Waals surface area contributed by atoms with Crippen LogP contribution in [-0.4, -0.2) is 46.5 Å². The fourth-order valence-electron chi connectivity index (χ4n) is 4.14. The van der Waals surface area contributed by atoms with Crippen molar-refractivity contribution in [3.63, 3.8) is 0 Å². The highest BCUT2D eigenvalue weighted by Crippen LogP contribution is 2.29. The number of hydrogen-bond donors (Lipinski definition) is 1. The number of aromatic nitrogens is 2. The number of nitriles is 1. The Hall–Kier alpha value is -3.90. The van der Waals surface area contributed by atoms with Gasteiger partial charge in [0.15, 0.2) is 0 Å². The molecule has 0 N–H and O–H groups in total. The number of nitrogens with zero attached hydrogens (tertiary/aromatic N) is 5. The van der Waals surface area contributed by atoms with E-state index in [-0.39, 0.29) is 18.0 Å². The van der Waals surface area contributed by atoms with E-state index < -0.39 is 11.4 Å². The quantitative estimate of drug-likeness (QED) is 0.348. The molecule has 0 unspecified atom stereocenters. The van der Waals surface area contributed by atoms with E-state index in [1.54, 1.807) is 35.4 Å². The normalized spacial score (nSPS) is 14.2. The molecule has 2 aromatic heterocycles. The van der Waals surface area contributed by atoms with Crippen molar-refractivity contribution in [2.75, 3.05) is 31.1 Å². The van der Waals surface area contributed by atoms with Crippen molar-refractivity contribution in [3.05, 3.63) is 93.5 Å². The Labute approximate surface area is 201 Å². The molecule has 34 heavy (non-hydrogen) atoms. The molecule has 1 saturated heterocycles. The van der Waals surface area contributed by atoms with Crippen molar-refractivity contribution in [1.82, 2.24) is 14.5 Å². The molecular formula is C25H22FN5O2S. The topological polar surface area (TPSA) is 82.2 Å². The first-order valence-electron chi connectivity index (χ1n) is 10.7. The summed E-state index contributed by atoms with van der Waals surface area (Å²) >= 11 is 4.23. The number of pyridine rings is 2. The molecule has 3 aromatic rings. The van der Waals surface area contributed by atoms with Crippen LogP contribution in [0.5, 0.6) is 0 Å². The van der Waals surface area contributed by atoms with Gasteiger partial charge in [0.05, 0.1) is 17.1 Å². The van der Waals surface area contributed by atoms with Gasteiger partial charge in [0, 0.05) is 37.8 Å². The predicted molar refractivity (Wildman–Crippen MR) is 132 cm³/mol. The molecule has 0 spiro atoms. The molecular weight excluding hydrogens is 453 g/mol. The third kappa shape index (κ3) is 4.45. The summed E-state index contributed by atoms with van der Waals surface area (Å²) in [7, 11) is 0. The molecule has 172 valence electrons. The van der Waals surface area contributed by atoms with Gasteiger partial charge in [0.25, 0.3) is 11.5 Å². The summed E-state index contributed by atoms with van der Waals surface area (Å²) in [5.74, 6) is -0.597. The predicted octanol–water partition coefficient (Wildman–Crippen LogP) is 3.10. The van der Waals surface area contributed by atoms with Crippen molar-refractivity contribution >= 4 is 35.3 Å². The summed E-state index contributed by atoms with van der Waals surface area (Å²) < 4.78 is 15.1. The molecule has 0 atom stereocenters. The Balaban J connectivity index is 1.73. The van der Waals surface area contributed by atoms with Gasteiger partial charge in [-0.25, -0.2) is 9.37 Å². The zero-order valence-electron chi connectivity index (χ0n) is 18.3. The van der Waals surface area contributed by atoms with Gasteiger partial charge in [-0.05, 0) is 35.9 Å². The van der Waals surface area contributed by atoms with Crippen LogP contribution in [0.2, 0.25) is 0 Å². The Morgan fingerprint density at radius 1 is 1.24 bits per heavy atom. The number of piperazine rings is 1. The van der Waals surface area contributed by atoms with Gasteiger partial charge in [-0.15, -0.1) is 12.6 Å².